The molecule has 2 N–H and O–H groups in total. The molecule has 1 aromatic heterocycles. The van der Waals surface area contributed by atoms with E-state index in [1.807, 2.05) is 25.3 Å². The monoisotopic (exact) mass is 390 g/mol. The highest BCUT2D eigenvalue weighted by Crippen LogP contribution is 2.21. The molecule has 0 saturated carbocycles. The van der Waals surface area contributed by atoms with Gasteiger partial charge in [-0.2, -0.15) is 0 Å². The van der Waals surface area contributed by atoms with E-state index in [1.54, 1.807) is 30.8 Å². The maximum atomic E-state index is 12.3. The molecule has 2 aromatic rings. The zero-order chi connectivity index (χ0) is 20.0. The van der Waals surface area contributed by atoms with Gasteiger partial charge in [0.05, 0.1) is 12.7 Å². The molecule has 7 nitrogen and oxygen atoms in total. The molecule has 2 rings (SSSR count). The molecule has 0 aliphatic heterocycles. The van der Waals surface area contributed by atoms with Crippen LogP contribution in [-0.4, -0.2) is 42.8 Å². The number of aromatic amines is 1. The number of thioether (sulfide) groups is 1. The lowest BCUT2D eigenvalue weighted by molar-refractivity contribution is -0.119. The fraction of sp³-hybridized carbons (Fsp3) is 0.316. The van der Waals surface area contributed by atoms with Crippen LogP contribution in [0.3, 0.4) is 0 Å². The molecule has 1 heterocycles. The number of carbonyl (C=O) groups excluding carboxylic acids is 3. The molecule has 0 aliphatic carbocycles. The lowest BCUT2D eigenvalue weighted by Crippen LogP contribution is -2.21. The van der Waals surface area contributed by atoms with Gasteiger partial charge in [0.2, 0.25) is 0 Å². The Morgan fingerprint density at radius 3 is 2.37 bits per heavy atom. The van der Waals surface area contributed by atoms with Crippen molar-refractivity contribution >= 4 is 35.3 Å². The SMILES string of the molecule is CCc1[nH]c(C(=O)OCC(=O)Nc2ccc(SC)cc2)c(C)c1C(=O)OC. The molecule has 27 heavy (non-hydrogen) atoms. The van der Waals surface area contributed by atoms with Crippen LogP contribution >= 0.6 is 11.8 Å². The van der Waals surface area contributed by atoms with Crippen LogP contribution in [0.25, 0.3) is 0 Å². The van der Waals surface area contributed by atoms with Crippen LogP contribution < -0.4 is 5.32 Å². The van der Waals surface area contributed by atoms with Crippen molar-refractivity contribution in [2.75, 3.05) is 25.3 Å². The number of nitrogens with one attached hydrogen (secondary N) is 2. The number of amides is 1. The molecule has 0 atom stereocenters. The number of rotatable bonds is 7. The summed E-state index contributed by atoms with van der Waals surface area (Å²) in [5, 5.41) is 2.66. The first kappa shape index (κ1) is 20.6. The minimum absolute atomic E-state index is 0.143. The molecule has 0 fully saturated rings. The van der Waals surface area contributed by atoms with E-state index in [0.717, 1.165) is 4.90 Å². The fourth-order valence-electron chi connectivity index (χ4n) is 2.58. The Bertz CT molecular complexity index is 843. The van der Waals surface area contributed by atoms with Gasteiger partial charge in [0, 0.05) is 16.3 Å². The zero-order valence-corrected chi connectivity index (χ0v) is 16.5. The third-order valence-electron chi connectivity index (χ3n) is 3.98. The highest BCUT2D eigenvalue weighted by Gasteiger charge is 2.24. The summed E-state index contributed by atoms with van der Waals surface area (Å²) in [6.45, 7) is 3.05. The first-order valence-electron chi connectivity index (χ1n) is 8.32. The lowest BCUT2D eigenvalue weighted by Gasteiger charge is -2.07. The summed E-state index contributed by atoms with van der Waals surface area (Å²) in [6.07, 6.45) is 2.48. The first-order valence-corrected chi connectivity index (χ1v) is 9.54. The first-order chi connectivity index (χ1) is 12.9. The quantitative estimate of drug-likeness (QED) is 0.557. The third kappa shape index (κ3) is 4.91. The van der Waals surface area contributed by atoms with Crippen molar-refractivity contribution in [1.82, 2.24) is 4.98 Å². The maximum Gasteiger partial charge on any atom is 0.355 e. The number of aromatic nitrogens is 1. The molecule has 1 aromatic carbocycles. The Morgan fingerprint density at radius 1 is 1.15 bits per heavy atom. The molecule has 0 aliphatic rings. The predicted octanol–water partition coefficient (Wildman–Crippen LogP) is 3.19. The van der Waals surface area contributed by atoms with Crippen molar-refractivity contribution in [3.63, 3.8) is 0 Å². The van der Waals surface area contributed by atoms with Crippen LogP contribution in [0.2, 0.25) is 0 Å². The van der Waals surface area contributed by atoms with Gasteiger partial charge in [0.25, 0.3) is 5.91 Å². The van der Waals surface area contributed by atoms with Crippen molar-refractivity contribution in [2.24, 2.45) is 0 Å². The topological polar surface area (TPSA) is 97.5 Å². The Hall–Kier alpha value is -2.74. The van der Waals surface area contributed by atoms with E-state index in [9.17, 15) is 14.4 Å². The van der Waals surface area contributed by atoms with Crippen LogP contribution in [0.15, 0.2) is 29.2 Å². The molecule has 0 bridgehead atoms. The molecule has 144 valence electrons. The summed E-state index contributed by atoms with van der Waals surface area (Å²) in [5.74, 6) is -1.68. The second-order valence-corrected chi connectivity index (χ2v) is 6.56. The number of anilines is 1. The smallest absolute Gasteiger partial charge is 0.355 e. The number of hydrogen-bond acceptors (Lipinski definition) is 6. The zero-order valence-electron chi connectivity index (χ0n) is 15.7. The molecular weight excluding hydrogens is 368 g/mol. The van der Waals surface area contributed by atoms with E-state index < -0.39 is 24.5 Å². The van der Waals surface area contributed by atoms with E-state index in [4.69, 9.17) is 9.47 Å². The van der Waals surface area contributed by atoms with Crippen molar-refractivity contribution < 1.29 is 23.9 Å². The second kappa shape index (κ2) is 9.27. The van der Waals surface area contributed by atoms with Crippen LogP contribution in [0.4, 0.5) is 5.69 Å². The highest BCUT2D eigenvalue weighted by atomic mass is 32.2. The minimum atomic E-state index is -0.703. The van der Waals surface area contributed by atoms with E-state index in [-0.39, 0.29) is 5.69 Å². The van der Waals surface area contributed by atoms with Gasteiger partial charge in [-0.25, -0.2) is 9.59 Å². The van der Waals surface area contributed by atoms with Crippen molar-refractivity contribution in [1.29, 1.82) is 0 Å². The minimum Gasteiger partial charge on any atom is -0.465 e. The van der Waals surface area contributed by atoms with Gasteiger partial charge in [0.15, 0.2) is 6.61 Å². The van der Waals surface area contributed by atoms with Crippen molar-refractivity contribution in [2.45, 2.75) is 25.2 Å². The van der Waals surface area contributed by atoms with Crippen molar-refractivity contribution in [3.05, 3.63) is 46.8 Å². The average molecular weight is 390 g/mol. The van der Waals surface area contributed by atoms with Gasteiger partial charge in [0.1, 0.15) is 5.69 Å². The number of methoxy groups -OCH3 is 1. The largest absolute Gasteiger partial charge is 0.465 e. The average Bonchev–Trinajstić information content (AvgIpc) is 3.02. The van der Waals surface area contributed by atoms with Gasteiger partial charge in [-0.05, 0) is 49.4 Å². The van der Waals surface area contributed by atoms with Gasteiger partial charge in [-0.15, -0.1) is 11.8 Å². The van der Waals surface area contributed by atoms with E-state index in [2.05, 4.69) is 10.3 Å². The van der Waals surface area contributed by atoms with E-state index >= 15 is 0 Å². The molecular formula is C19H22N2O5S. The fourth-order valence-corrected chi connectivity index (χ4v) is 2.99. The summed E-state index contributed by atoms with van der Waals surface area (Å²) in [4.78, 5) is 40.2. The molecule has 0 radical (unpaired) electrons. The van der Waals surface area contributed by atoms with Crippen LogP contribution in [0, 0.1) is 6.92 Å². The number of esters is 2. The second-order valence-electron chi connectivity index (χ2n) is 5.68. The van der Waals surface area contributed by atoms with Crippen LogP contribution in [-0.2, 0) is 20.7 Å². The Balaban J connectivity index is 2.01. The number of carbonyl (C=O) groups is 3. The summed E-state index contributed by atoms with van der Waals surface area (Å²) in [7, 11) is 1.28. The molecule has 1 amide bonds. The Morgan fingerprint density at radius 2 is 1.81 bits per heavy atom. The molecule has 0 unspecified atom stereocenters. The summed E-state index contributed by atoms with van der Waals surface area (Å²) in [6, 6.07) is 7.32. The van der Waals surface area contributed by atoms with Crippen molar-refractivity contribution in [3.8, 4) is 0 Å². The summed E-state index contributed by atoms with van der Waals surface area (Å²) < 4.78 is 9.83. The third-order valence-corrected chi connectivity index (χ3v) is 4.73. The number of aryl methyl sites for hydroxylation is 1. The normalized spacial score (nSPS) is 10.4. The van der Waals surface area contributed by atoms with Gasteiger partial charge >= 0.3 is 11.9 Å². The van der Waals surface area contributed by atoms with Crippen LogP contribution in [0.1, 0.15) is 39.0 Å². The number of ether oxygens (including phenoxy) is 2. The van der Waals surface area contributed by atoms with Gasteiger partial charge in [-0.1, -0.05) is 6.92 Å². The molecule has 0 saturated heterocycles. The number of hydrogen-bond donors (Lipinski definition) is 2. The summed E-state index contributed by atoms with van der Waals surface area (Å²) >= 11 is 1.60. The van der Waals surface area contributed by atoms with Crippen LogP contribution in [0.5, 0.6) is 0 Å². The Kier molecular flexibility index (Phi) is 7.06. The standard InChI is InChI=1S/C19H22N2O5S/c1-5-14-16(18(23)25-3)11(2)17(21-14)19(24)26-10-15(22)20-12-6-8-13(27-4)9-7-12/h6-9,21H,5,10H2,1-4H3,(H,20,22). The lowest BCUT2D eigenvalue weighted by atomic mass is 10.1. The van der Waals surface area contributed by atoms with Gasteiger partial charge in [-0.3, -0.25) is 4.79 Å². The van der Waals surface area contributed by atoms with Gasteiger partial charge < -0.3 is 19.8 Å². The Labute approximate surface area is 161 Å². The highest BCUT2D eigenvalue weighted by molar-refractivity contribution is 7.98. The van der Waals surface area contributed by atoms with E-state index in [0.29, 0.717) is 28.9 Å². The number of H-pyrrole nitrogens is 1. The summed E-state index contributed by atoms with van der Waals surface area (Å²) in [5.41, 5.74) is 2.11. The predicted molar refractivity (Wildman–Crippen MR) is 103 cm³/mol. The number of benzene rings is 1. The maximum absolute atomic E-state index is 12.3. The van der Waals surface area contributed by atoms with E-state index in [1.165, 1.54) is 7.11 Å². The molecule has 8 heteroatoms. The molecule has 0 spiro atoms.